The van der Waals surface area contributed by atoms with Crippen molar-refractivity contribution in [1.82, 2.24) is 9.97 Å². The molecule has 0 amide bonds. The van der Waals surface area contributed by atoms with Crippen LogP contribution in [-0.2, 0) is 0 Å². The first-order valence-electron chi connectivity index (χ1n) is 5.54. The number of carboxylic acid groups (broad SMARTS) is 1. The summed E-state index contributed by atoms with van der Waals surface area (Å²) in [7, 11) is 0. The lowest BCUT2D eigenvalue weighted by atomic mass is 10.2. The van der Waals surface area contributed by atoms with Gasteiger partial charge in [0.2, 0.25) is 0 Å². The third kappa shape index (κ3) is 2.49. The zero-order valence-corrected chi connectivity index (χ0v) is 12.3. The number of aromatic nitrogens is 2. The zero-order chi connectivity index (χ0) is 14.1. The van der Waals surface area contributed by atoms with Gasteiger partial charge in [-0.05, 0) is 29.6 Å². The first-order valence-corrected chi connectivity index (χ1v) is 7.61. The highest BCUT2D eigenvalue weighted by atomic mass is 35.5. The number of hydrogen-bond acceptors (Lipinski definition) is 5. The number of halogens is 1. The Labute approximate surface area is 127 Å². The van der Waals surface area contributed by atoms with Crippen molar-refractivity contribution >= 4 is 50.9 Å². The highest BCUT2D eigenvalue weighted by Crippen LogP contribution is 2.34. The van der Waals surface area contributed by atoms with Gasteiger partial charge in [0.25, 0.3) is 0 Å². The van der Waals surface area contributed by atoms with E-state index in [-0.39, 0.29) is 10.6 Å². The smallest absolute Gasteiger partial charge is 0.337 e. The molecule has 3 aromatic rings. The third-order valence-electron chi connectivity index (χ3n) is 2.61. The van der Waals surface area contributed by atoms with E-state index < -0.39 is 5.97 Å². The predicted octanol–water partition coefficient (Wildman–Crippen LogP) is 4.19. The van der Waals surface area contributed by atoms with Crippen LogP contribution in [0, 0.1) is 0 Å². The molecule has 3 rings (SSSR count). The minimum Gasteiger partial charge on any atom is -0.478 e. The van der Waals surface area contributed by atoms with Gasteiger partial charge in [0, 0.05) is 10.3 Å². The lowest BCUT2D eigenvalue weighted by Gasteiger charge is -2.04. The molecule has 7 heteroatoms. The van der Waals surface area contributed by atoms with E-state index in [1.165, 1.54) is 18.1 Å². The maximum atomic E-state index is 11.1. The SMILES string of the molecule is O=C(O)c1cc(Sc2ncnc3sccc23)ccc1Cl. The van der Waals surface area contributed by atoms with Crippen LogP contribution in [0.1, 0.15) is 10.4 Å². The summed E-state index contributed by atoms with van der Waals surface area (Å²) in [6.07, 6.45) is 1.51. The Hall–Kier alpha value is -1.63. The highest BCUT2D eigenvalue weighted by molar-refractivity contribution is 7.99. The van der Waals surface area contributed by atoms with E-state index in [1.807, 2.05) is 11.4 Å². The first-order chi connectivity index (χ1) is 9.65. The molecule has 0 spiro atoms. The Morgan fingerprint density at radius 2 is 2.15 bits per heavy atom. The number of aromatic carboxylic acids is 1. The van der Waals surface area contributed by atoms with Crippen molar-refractivity contribution in [2.75, 3.05) is 0 Å². The summed E-state index contributed by atoms with van der Waals surface area (Å²) < 4.78 is 0. The summed E-state index contributed by atoms with van der Waals surface area (Å²) in [5.74, 6) is -1.04. The van der Waals surface area contributed by atoms with E-state index in [2.05, 4.69) is 9.97 Å². The van der Waals surface area contributed by atoms with Crippen molar-refractivity contribution in [2.45, 2.75) is 9.92 Å². The van der Waals surface area contributed by atoms with Gasteiger partial charge >= 0.3 is 5.97 Å². The number of hydrogen-bond donors (Lipinski definition) is 1. The van der Waals surface area contributed by atoms with Crippen molar-refractivity contribution in [3.8, 4) is 0 Å². The fourth-order valence-corrected chi connectivity index (χ4v) is 3.60. The monoisotopic (exact) mass is 322 g/mol. The van der Waals surface area contributed by atoms with E-state index in [9.17, 15) is 4.79 Å². The Morgan fingerprint density at radius 1 is 1.30 bits per heavy atom. The van der Waals surface area contributed by atoms with Crippen LogP contribution in [0.25, 0.3) is 10.2 Å². The van der Waals surface area contributed by atoms with Crippen LogP contribution in [0.2, 0.25) is 5.02 Å². The van der Waals surface area contributed by atoms with Gasteiger partial charge in [-0.2, -0.15) is 0 Å². The number of thiophene rings is 1. The molecule has 0 aliphatic carbocycles. The molecule has 4 nitrogen and oxygen atoms in total. The molecule has 0 bridgehead atoms. The predicted molar refractivity (Wildman–Crippen MR) is 79.9 cm³/mol. The number of fused-ring (bicyclic) bond motifs is 1. The van der Waals surface area contributed by atoms with Gasteiger partial charge in [-0.15, -0.1) is 11.3 Å². The standard InChI is InChI=1S/C13H7ClN2O2S2/c14-10-2-1-7(5-9(10)13(17)18)20-12-8-3-4-19-11(8)15-6-16-12/h1-6H,(H,17,18). The topological polar surface area (TPSA) is 63.1 Å². The lowest BCUT2D eigenvalue weighted by Crippen LogP contribution is -1.97. The van der Waals surface area contributed by atoms with Crippen molar-refractivity contribution in [1.29, 1.82) is 0 Å². The average Bonchev–Trinajstić information content (AvgIpc) is 2.90. The second-order valence-corrected chi connectivity index (χ2v) is 6.23. The normalized spacial score (nSPS) is 10.8. The van der Waals surface area contributed by atoms with Gasteiger partial charge in [-0.25, -0.2) is 14.8 Å². The van der Waals surface area contributed by atoms with E-state index in [0.717, 1.165) is 20.1 Å². The molecule has 20 heavy (non-hydrogen) atoms. The van der Waals surface area contributed by atoms with E-state index in [0.29, 0.717) is 0 Å². The second-order valence-electron chi connectivity index (χ2n) is 3.87. The van der Waals surface area contributed by atoms with Crippen LogP contribution >= 0.6 is 34.7 Å². The molecule has 0 unspecified atom stereocenters. The zero-order valence-electron chi connectivity index (χ0n) is 9.91. The molecule has 2 heterocycles. The largest absolute Gasteiger partial charge is 0.478 e. The number of rotatable bonds is 3. The molecule has 1 aromatic carbocycles. The maximum Gasteiger partial charge on any atom is 0.337 e. The van der Waals surface area contributed by atoms with Crippen LogP contribution in [0.15, 0.2) is 45.9 Å². The van der Waals surface area contributed by atoms with Gasteiger partial charge < -0.3 is 5.11 Å². The third-order valence-corrected chi connectivity index (χ3v) is 4.77. The van der Waals surface area contributed by atoms with Crippen LogP contribution in [0.4, 0.5) is 0 Å². The molecule has 0 saturated heterocycles. The Bertz CT molecular complexity index is 804. The molecule has 1 N–H and O–H groups in total. The molecule has 0 atom stereocenters. The van der Waals surface area contributed by atoms with E-state index in [4.69, 9.17) is 16.7 Å². The summed E-state index contributed by atoms with van der Waals surface area (Å²) in [6.45, 7) is 0. The van der Waals surface area contributed by atoms with Crippen LogP contribution in [0.5, 0.6) is 0 Å². The van der Waals surface area contributed by atoms with E-state index in [1.54, 1.807) is 29.5 Å². The summed E-state index contributed by atoms with van der Waals surface area (Å²) in [4.78, 5) is 21.2. The van der Waals surface area contributed by atoms with Gasteiger partial charge in [-0.1, -0.05) is 23.4 Å². The van der Waals surface area contributed by atoms with Crippen molar-refractivity contribution in [3.63, 3.8) is 0 Å². The average molecular weight is 323 g/mol. The summed E-state index contributed by atoms with van der Waals surface area (Å²) in [5.41, 5.74) is 0.0901. The Morgan fingerprint density at radius 3 is 2.95 bits per heavy atom. The van der Waals surface area contributed by atoms with Gasteiger partial charge in [0.1, 0.15) is 16.2 Å². The minimum atomic E-state index is -1.04. The number of carboxylic acids is 1. The number of benzene rings is 1. The quantitative estimate of drug-likeness (QED) is 0.732. The molecule has 0 aliphatic heterocycles. The van der Waals surface area contributed by atoms with Crippen LogP contribution in [0.3, 0.4) is 0 Å². The van der Waals surface area contributed by atoms with Gasteiger partial charge in [0.05, 0.1) is 10.6 Å². The Balaban J connectivity index is 2.01. The molecule has 0 saturated carbocycles. The number of carbonyl (C=O) groups is 1. The molecule has 0 radical (unpaired) electrons. The van der Waals surface area contributed by atoms with Crippen molar-refractivity contribution < 1.29 is 9.90 Å². The maximum absolute atomic E-state index is 11.1. The number of nitrogens with zero attached hydrogens (tertiary/aromatic N) is 2. The summed E-state index contributed by atoms with van der Waals surface area (Å²) in [6, 6.07) is 6.87. The minimum absolute atomic E-state index is 0.0901. The second kappa shape index (κ2) is 5.40. The van der Waals surface area contributed by atoms with Gasteiger partial charge in [0.15, 0.2) is 0 Å². The molecule has 100 valence electrons. The molecular formula is C13H7ClN2O2S2. The van der Waals surface area contributed by atoms with Crippen molar-refractivity contribution in [2.24, 2.45) is 0 Å². The lowest BCUT2D eigenvalue weighted by molar-refractivity contribution is 0.0697. The van der Waals surface area contributed by atoms with Gasteiger partial charge in [-0.3, -0.25) is 0 Å². The fraction of sp³-hybridized carbons (Fsp3) is 0. The molecule has 2 aromatic heterocycles. The first kappa shape index (κ1) is 13.4. The Kier molecular flexibility index (Phi) is 3.60. The molecular weight excluding hydrogens is 316 g/mol. The summed E-state index contributed by atoms with van der Waals surface area (Å²) in [5, 5.41) is 13.0. The highest BCUT2D eigenvalue weighted by Gasteiger charge is 2.12. The molecule has 0 fully saturated rings. The van der Waals surface area contributed by atoms with E-state index >= 15 is 0 Å². The van der Waals surface area contributed by atoms with Crippen LogP contribution in [-0.4, -0.2) is 21.0 Å². The van der Waals surface area contributed by atoms with Crippen LogP contribution < -0.4 is 0 Å². The van der Waals surface area contributed by atoms with Crippen molar-refractivity contribution in [3.05, 3.63) is 46.6 Å². The molecule has 0 aliphatic rings. The summed E-state index contributed by atoms with van der Waals surface area (Å²) >= 11 is 8.80. The fourth-order valence-electron chi connectivity index (χ4n) is 1.69.